The summed E-state index contributed by atoms with van der Waals surface area (Å²) in [6, 6.07) is 12.4. The van der Waals surface area contributed by atoms with E-state index in [0.29, 0.717) is 6.54 Å². The topological polar surface area (TPSA) is 72.7 Å². The molecule has 0 saturated carbocycles. The Bertz CT molecular complexity index is 758. The lowest BCUT2D eigenvalue weighted by atomic mass is 10.1. The summed E-state index contributed by atoms with van der Waals surface area (Å²) in [5.74, 6) is -0.133. The highest BCUT2D eigenvalue weighted by atomic mass is 16.6. The molecular weight excluding hydrogens is 308 g/mol. The third-order valence-corrected chi connectivity index (χ3v) is 3.76. The van der Waals surface area contributed by atoms with E-state index < -0.39 is 4.92 Å². The molecule has 0 saturated heterocycles. The van der Waals surface area contributed by atoms with Gasteiger partial charge in [0.15, 0.2) is 12.4 Å². The number of rotatable bonds is 6. The average Bonchev–Trinajstić information content (AvgIpc) is 2.54. The molecule has 0 unspecified atom stereocenters. The standard InChI is InChI=1S/C18H20N2O4/c1-13-8-9-16(20(22)23)17(10-13)24-12-18(21)19(3)11-15-7-5-4-6-14(15)2/h4-10H,11-12H2,1-3H3. The largest absolute Gasteiger partial charge is 0.477 e. The molecule has 0 atom stereocenters. The fraction of sp³-hybridized carbons (Fsp3) is 0.278. The molecule has 2 rings (SSSR count). The lowest BCUT2D eigenvalue weighted by Crippen LogP contribution is -2.31. The van der Waals surface area contributed by atoms with Gasteiger partial charge in [-0.2, -0.15) is 0 Å². The van der Waals surface area contributed by atoms with Gasteiger partial charge in [0.1, 0.15) is 0 Å². The number of carbonyl (C=O) groups excluding carboxylic acids is 1. The number of nitro benzene ring substituents is 1. The van der Waals surface area contributed by atoms with E-state index in [-0.39, 0.29) is 24.0 Å². The summed E-state index contributed by atoms with van der Waals surface area (Å²) in [6.45, 7) is 4.01. The van der Waals surface area contributed by atoms with E-state index in [4.69, 9.17) is 4.74 Å². The molecule has 0 spiro atoms. The molecule has 2 aromatic rings. The molecule has 0 heterocycles. The summed E-state index contributed by atoms with van der Waals surface area (Å²) >= 11 is 0. The minimum absolute atomic E-state index is 0.109. The maximum atomic E-state index is 12.2. The molecule has 6 heteroatoms. The van der Waals surface area contributed by atoms with Crippen LogP contribution in [0.3, 0.4) is 0 Å². The average molecular weight is 328 g/mol. The van der Waals surface area contributed by atoms with Crippen molar-refractivity contribution in [3.63, 3.8) is 0 Å². The fourth-order valence-electron chi connectivity index (χ4n) is 2.27. The molecule has 0 N–H and O–H groups in total. The minimum atomic E-state index is -0.518. The van der Waals surface area contributed by atoms with Crippen LogP contribution in [0.15, 0.2) is 42.5 Å². The maximum absolute atomic E-state index is 12.2. The van der Waals surface area contributed by atoms with Gasteiger partial charge in [-0.25, -0.2) is 0 Å². The lowest BCUT2D eigenvalue weighted by Gasteiger charge is -2.18. The van der Waals surface area contributed by atoms with Crippen LogP contribution >= 0.6 is 0 Å². The Morgan fingerprint density at radius 3 is 2.58 bits per heavy atom. The number of carbonyl (C=O) groups is 1. The molecule has 1 amide bonds. The van der Waals surface area contributed by atoms with Crippen LogP contribution in [0.4, 0.5) is 5.69 Å². The Morgan fingerprint density at radius 1 is 1.21 bits per heavy atom. The smallest absolute Gasteiger partial charge is 0.310 e. The first kappa shape index (κ1) is 17.5. The summed E-state index contributed by atoms with van der Waals surface area (Å²) in [6.07, 6.45) is 0. The van der Waals surface area contributed by atoms with E-state index in [2.05, 4.69) is 0 Å². The minimum Gasteiger partial charge on any atom is -0.477 e. The molecular formula is C18H20N2O4. The molecule has 0 radical (unpaired) electrons. The van der Waals surface area contributed by atoms with Gasteiger partial charge in [-0.05, 0) is 36.6 Å². The van der Waals surface area contributed by atoms with Crippen molar-refractivity contribution < 1.29 is 14.5 Å². The predicted molar refractivity (Wildman–Crippen MR) is 91.0 cm³/mol. The van der Waals surface area contributed by atoms with Crippen LogP contribution in [0.2, 0.25) is 0 Å². The van der Waals surface area contributed by atoms with Gasteiger partial charge in [-0.15, -0.1) is 0 Å². The number of aryl methyl sites for hydroxylation is 2. The van der Waals surface area contributed by atoms with Crippen LogP contribution in [0.5, 0.6) is 5.75 Å². The first-order chi connectivity index (χ1) is 11.4. The van der Waals surface area contributed by atoms with Crippen LogP contribution < -0.4 is 4.74 Å². The lowest BCUT2D eigenvalue weighted by molar-refractivity contribution is -0.385. The van der Waals surface area contributed by atoms with Crippen molar-refractivity contribution in [1.82, 2.24) is 4.90 Å². The number of hydrogen-bond donors (Lipinski definition) is 0. The molecule has 2 aromatic carbocycles. The SMILES string of the molecule is Cc1ccc([N+](=O)[O-])c(OCC(=O)N(C)Cc2ccccc2C)c1. The summed E-state index contributed by atoms with van der Waals surface area (Å²) < 4.78 is 5.40. The van der Waals surface area contributed by atoms with Crippen molar-refractivity contribution >= 4 is 11.6 Å². The summed E-state index contributed by atoms with van der Waals surface area (Å²) in [5.41, 5.74) is 2.84. The Kier molecular flexibility index (Phi) is 5.52. The molecule has 0 fully saturated rings. The van der Waals surface area contributed by atoms with E-state index in [9.17, 15) is 14.9 Å². The van der Waals surface area contributed by atoms with Crippen molar-refractivity contribution in [2.24, 2.45) is 0 Å². The number of likely N-dealkylation sites (N-methyl/N-ethyl adjacent to an activating group) is 1. The van der Waals surface area contributed by atoms with Gasteiger partial charge in [0.2, 0.25) is 0 Å². The zero-order valence-electron chi connectivity index (χ0n) is 14.0. The molecule has 0 aliphatic heterocycles. The van der Waals surface area contributed by atoms with Crippen LogP contribution in [0.1, 0.15) is 16.7 Å². The van der Waals surface area contributed by atoms with Gasteiger partial charge in [0.05, 0.1) is 4.92 Å². The van der Waals surface area contributed by atoms with E-state index >= 15 is 0 Å². The van der Waals surface area contributed by atoms with Gasteiger partial charge in [-0.3, -0.25) is 14.9 Å². The van der Waals surface area contributed by atoms with Crippen molar-refractivity contribution in [2.75, 3.05) is 13.7 Å². The Morgan fingerprint density at radius 2 is 1.92 bits per heavy atom. The van der Waals surface area contributed by atoms with Crippen LogP contribution in [-0.4, -0.2) is 29.4 Å². The van der Waals surface area contributed by atoms with Crippen molar-refractivity contribution in [3.05, 3.63) is 69.3 Å². The Hall–Kier alpha value is -2.89. The van der Waals surface area contributed by atoms with Crippen LogP contribution in [0.25, 0.3) is 0 Å². The third kappa shape index (κ3) is 4.32. The van der Waals surface area contributed by atoms with Gasteiger partial charge in [0.25, 0.3) is 5.91 Å². The molecule has 0 aliphatic carbocycles. The zero-order valence-corrected chi connectivity index (χ0v) is 14.0. The number of amides is 1. The van der Waals surface area contributed by atoms with E-state index in [1.807, 2.05) is 38.1 Å². The van der Waals surface area contributed by atoms with Crippen LogP contribution in [0, 0.1) is 24.0 Å². The third-order valence-electron chi connectivity index (χ3n) is 3.76. The second kappa shape index (κ2) is 7.59. The van der Waals surface area contributed by atoms with Crippen LogP contribution in [-0.2, 0) is 11.3 Å². The number of nitro groups is 1. The van der Waals surface area contributed by atoms with Crippen molar-refractivity contribution in [1.29, 1.82) is 0 Å². The molecule has 0 aromatic heterocycles. The zero-order chi connectivity index (χ0) is 17.7. The second-order valence-corrected chi connectivity index (χ2v) is 5.69. The molecule has 126 valence electrons. The summed E-state index contributed by atoms with van der Waals surface area (Å²) in [4.78, 5) is 24.3. The first-order valence-corrected chi connectivity index (χ1v) is 7.55. The monoisotopic (exact) mass is 328 g/mol. The predicted octanol–water partition coefficient (Wildman–Crippen LogP) is 3.25. The van der Waals surface area contributed by atoms with Crippen molar-refractivity contribution in [3.8, 4) is 5.75 Å². The fourth-order valence-corrected chi connectivity index (χ4v) is 2.27. The molecule has 24 heavy (non-hydrogen) atoms. The highest BCUT2D eigenvalue weighted by Crippen LogP contribution is 2.27. The van der Waals surface area contributed by atoms with Crippen molar-refractivity contribution in [2.45, 2.75) is 20.4 Å². The quantitative estimate of drug-likeness (QED) is 0.603. The van der Waals surface area contributed by atoms with E-state index in [0.717, 1.165) is 16.7 Å². The number of benzene rings is 2. The normalized spacial score (nSPS) is 10.3. The molecule has 0 aliphatic rings. The van der Waals surface area contributed by atoms with Gasteiger partial charge in [0, 0.05) is 19.7 Å². The van der Waals surface area contributed by atoms with Gasteiger partial charge < -0.3 is 9.64 Å². The Balaban J connectivity index is 2.02. The summed E-state index contributed by atoms with van der Waals surface area (Å²) in [5, 5.41) is 11.0. The highest BCUT2D eigenvalue weighted by Gasteiger charge is 2.17. The van der Waals surface area contributed by atoms with Gasteiger partial charge >= 0.3 is 5.69 Å². The number of nitrogens with zero attached hydrogens (tertiary/aromatic N) is 2. The number of hydrogen-bond acceptors (Lipinski definition) is 4. The van der Waals surface area contributed by atoms with E-state index in [1.54, 1.807) is 24.1 Å². The first-order valence-electron chi connectivity index (χ1n) is 7.55. The second-order valence-electron chi connectivity index (χ2n) is 5.69. The molecule has 0 bridgehead atoms. The molecule has 6 nitrogen and oxygen atoms in total. The Labute approximate surface area is 140 Å². The highest BCUT2D eigenvalue weighted by molar-refractivity contribution is 5.77. The van der Waals surface area contributed by atoms with E-state index in [1.165, 1.54) is 6.07 Å². The summed E-state index contributed by atoms with van der Waals surface area (Å²) in [7, 11) is 1.68. The van der Waals surface area contributed by atoms with Gasteiger partial charge in [-0.1, -0.05) is 30.3 Å². The maximum Gasteiger partial charge on any atom is 0.310 e. The number of ether oxygens (including phenoxy) is 1.